The zero-order valence-corrected chi connectivity index (χ0v) is 16.7. The summed E-state index contributed by atoms with van der Waals surface area (Å²) in [6.45, 7) is 0. The Bertz CT molecular complexity index is 719. The predicted octanol–water partition coefficient (Wildman–Crippen LogP) is 3.85. The lowest BCUT2D eigenvalue weighted by atomic mass is 9.89. The van der Waals surface area contributed by atoms with Gasteiger partial charge < -0.3 is 15.3 Å². The molecule has 0 amide bonds. The first kappa shape index (κ1) is 21.7. The highest BCUT2D eigenvalue weighted by Gasteiger charge is 2.40. The lowest BCUT2D eigenvalue weighted by molar-refractivity contribution is -0.137. The van der Waals surface area contributed by atoms with E-state index in [0.717, 1.165) is 12.8 Å². The highest BCUT2D eigenvalue weighted by Crippen LogP contribution is 2.38. The topological polar surface area (TPSA) is 77.8 Å². The zero-order chi connectivity index (χ0) is 20.8. The maximum atomic E-state index is 14.5. The van der Waals surface area contributed by atoms with E-state index in [1.54, 1.807) is 12.2 Å². The third-order valence-corrected chi connectivity index (χ3v) is 6.31. The molecule has 3 rings (SSSR count). The van der Waals surface area contributed by atoms with Gasteiger partial charge >= 0.3 is 5.97 Å². The molecule has 2 aliphatic carbocycles. The smallest absolute Gasteiger partial charge is 0.303 e. The monoisotopic (exact) mass is 402 g/mol. The SMILES string of the molecule is O=C(O)CCC/C=C/C[C@@H]1[C@@H](/C=C/[C@@H](O)C2Cc3ccccc3C2)[C@@H](F)C[C@@H]1O. The number of unbranched alkanes of at least 4 members (excludes halogenated alkanes) is 1. The van der Waals surface area contributed by atoms with Gasteiger partial charge in [0.05, 0.1) is 12.2 Å². The molecule has 5 atom stereocenters. The van der Waals surface area contributed by atoms with Crippen LogP contribution in [0.25, 0.3) is 0 Å². The maximum absolute atomic E-state index is 14.5. The fourth-order valence-electron chi connectivity index (χ4n) is 4.64. The van der Waals surface area contributed by atoms with Crippen LogP contribution in [0, 0.1) is 17.8 Å². The fourth-order valence-corrected chi connectivity index (χ4v) is 4.64. The number of halogens is 1. The van der Waals surface area contributed by atoms with Crippen molar-refractivity contribution in [3.8, 4) is 0 Å². The molecule has 0 unspecified atom stereocenters. The van der Waals surface area contributed by atoms with Gasteiger partial charge in [0.15, 0.2) is 0 Å². The molecule has 2 aliphatic rings. The predicted molar refractivity (Wildman–Crippen MR) is 110 cm³/mol. The van der Waals surface area contributed by atoms with Crippen molar-refractivity contribution in [3.05, 3.63) is 59.7 Å². The summed E-state index contributed by atoms with van der Waals surface area (Å²) in [6, 6.07) is 8.21. The van der Waals surface area contributed by atoms with Crippen molar-refractivity contribution in [2.45, 2.75) is 63.3 Å². The Hall–Kier alpha value is -1.98. The van der Waals surface area contributed by atoms with Crippen LogP contribution in [0.15, 0.2) is 48.6 Å². The molecule has 4 nitrogen and oxygen atoms in total. The summed E-state index contributed by atoms with van der Waals surface area (Å²) in [5, 5.41) is 29.5. The maximum Gasteiger partial charge on any atom is 0.303 e. The minimum absolute atomic E-state index is 0.112. The van der Waals surface area contributed by atoms with E-state index in [-0.39, 0.29) is 24.7 Å². The van der Waals surface area contributed by atoms with Gasteiger partial charge in [0.1, 0.15) is 6.17 Å². The van der Waals surface area contributed by atoms with Crippen LogP contribution in [-0.4, -0.2) is 39.7 Å². The number of fused-ring (bicyclic) bond motifs is 1. The van der Waals surface area contributed by atoms with Crippen molar-refractivity contribution in [1.82, 2.24) is 0 Å². The molecule has 0 spiro atoms. The molecule has 0 saturated heterocycles. The van der Waals surface area contributed by atoms with Crippen LogP contribution in [-0.2, 0) is 17.6 Å². The van der Waals surface area contributed by atoms with Gasteiger partial charge in [0.2, 0.25) is 0 Å². The summed E-state index contributed by atoms with van der Waals surface area (Å²) < 4.78 is 14.5. The molecule has 1 saturated carbocycles. The van der Waals surface area contributed by atoms with E-state index >= 15 is 0 Å². The Morgan fingerprint density at radius 3 is 2.55 bits per heavy atom. The van der Waals surface area contributed by atoms with Crippen molar-refractivity contribution in [1.29, 1.82) is 0 Å². The second-order valence-electron chi connectivity index (χ2n) is 8.37. The number of aliphatic hydroxyl groups excluding tert-OH is 2. The second kappa shape index (κ2) is 10.2. The molecule has 29 heavy (non-hydrogen) atoms. The molecule has 1 aromatic carbocycles. The normalized spacial score (nSPS) is 28.4. The molecule has 158 valence electrons. The minimum Gasteiger partial charge on any atom is -0.481 e. The van der Waals surface area contributed by atoms with Gasteiger partial charge in [-0.05, 0) is 55.1 Å². The van der Waals surface area contributed by atoms with Crippen LogP contribution >= 0.6 is 0 Å². The molecule has 1 fully saturated rings. The summed E-state index contributed by atoms with van der Waals surface area (Å²) in [6.07, 6.45) is 8.57. The second-order valence-corrected chi connectivity index (χ2v) is 8.37. The number of rotatable bonds is 9. The first-order valence-corrected chi connectivity index (χ1v) is 10.6. The lowest BCUT2D eigenvalue weighted by Gasteiger charge is -2.20. The van der Waals surface area contributed by atoms with Crippen LogP contribution in [0.2, 0.25) is 0 Å². The summed E-state index contributed by atoms with van der Waals surface area (Å²) in [4.78, 5) is 10.5. The number of benzene rings is 1. The number of carboxylic acid groups (broad SMARTS) is 1. The average Bonchev–Trinajstić information content (AvgIpc) is 3.23. The number of aliphatic hydroxyl groups is 2. The van der Waals surface area contributed by atoms with Gasteiger partial charge in [-0.3, -0.25) is 4.79 Å². The first-order chi connectivity index (χ1) is 14.0. The van der Waals surface area contributed by atoms with E-state index in [9.17, 15) is 19.4 Å². The Morgan fingerprint density at radius 2 is 1.90 bits per heavy atom. The third-order valence-electron chi connectivity index (χ3n) is 6.31. The van der Waals surface area contributed by atoms with Crippen molar-refractivity contribution >= 4 is 5.97 Å². The highest BCUT2D eigenvalue weighted by atomic mass is 19.1. The quantitative estimate of drug-likeness (QED) is 0.433. The van der Waals surface area contributed by atoms with Gasteiger partial charge in [-0.1, -0.05) is 48.6 Å². The molecule has 0 aromatic heterocycles. The van der Waals surface area contributed by atoms with E-state index in [1.165, 1.54) is 11.1 Å². The number of carboxylic acids is 1. The van der Waals surface area contributed by atoms with Crippen LogP contribution < -0.4 is 0 Å². The van der Waals surface area contributed by atoms with Crippen LogP contribution in [0.5, 0.6) is 0 Å². The summed E-state index contributed by atoms with van der Waals surface area (Å²) >= 11 is 0. The van der Waals surface area contributed by atoms with E-state index < -0.39 is 30.3 Å². The van der Waals surface area contributed by atoms with E-state index in [0.29, 0.717) is 19.3 Å². The number of hydrogen-bond donors (Lipinski definition) is 3. The third kappa shape index (κ3) is 5.77. The van der Waals surface area contributed by atoms with Crippen molar-refractivity contribution in [3.63, 3.8) is 0 Å². The standard InChI is InChI=1S/C24H31FO4/c25-21-15-23(27)20(9-3-1-2-4-10-24(28)29)19(21)11-12-22(26)18-13-16-7-5-6-8-17(16)14-18/h1,3,5-8,11-12,18-23,26-27H,2,4,9-10,13-15H2,(H,28,29)/b3-1+,12-11+/t19-,20-,21+,22-,23+/m1/s1. The van der Waals surface area contributed by atoms with Gasteiger partial charge in [0.25, 0.3) is 0 Å². The minimum atomic E-state index is -1.11. The molecule has 3 N–H and O–H groups in total. The molecule has 0 heterocycles. The van der Waals surface area contributed by atoms with Gasteiger partial charge in [0, 0.05) is 18.8 Å². The summed E-state index contributed by atoms with van der Waals surface area (Å²) in [5.41, 5.74) is 2.55. The van der Waals surface area contributed by atoms with Crippen molar-refractivity contribution in [2.24, 2.45) is 17.8 Å². The van der Waals surface area contributed by atoms with Crippen molar-refractivity contribution < 1.29 is 24.5 Å². The highest BCUT2D eigenvalue weighted by molar-refractivity contribution is 5.66. The number of alkyl halides is 1. The number of aliphatic carboxylic acids is 1. The van der Waals surface area contributed by atoms with E-state index in [2.05, 4.69) is 12.1 Å². The van der Waals surface area contributed by atoms with Crippen LogP contribution in [0.1, 0.15) is 43.2 Å². The van der Waals surface area contributed by atoms with E-state index in [4.69, 9.17) is 5.11 Å². The van der Waals surface area contributed by atoms with Gasteiger partial charge in [-0.2, -0.15) is 0 Å². The van der Waals surface area contributed by atoms with Gasteiger partial charge in [-0.15, -0.1) is 0 Å². The fraction of sp³-hybridized carbons (Fsp3) is 0.542. The molecule has 1 aromatic rings. The summed E-state index contributed by atoms with van der Waals surface area (Å²) in [7, 11) is 0. The Balaban J connectivity index is 1.53. The number of carbonyl (C=O) groups is 1. The Morgan fingerprint density at radius 1 is 1.21 bits per heavy atom. The average molecular weight is 403 g/mol. The Labute approximate surface area is 171 Å². The van der Waals surface area contributed by atoms with Crippen LogP contribution in [0.4, 0.5) is 4.39 Å². The van der Waals surface area contributed by atoms with Crippen LogP contribution in [0.3, 0.4) is 0 Å². The molecule has 0 bridgehead atoms. The first-order valence-electron chi connectivity index (χ1n) is 10.6. The molecule has 0 aliphatic heterocycles. The van der Waals surface area contributed by atoms with Crippen molar-refractivity contribution in [2.75, 3.05) is 0 Å². The van der Waals surface area contributed by atoms with Gasteiger partial charge in [-0.25, -0.2) is 4.39 Å². The van der Waals surface area contributed by atoms with E-state index in [1.807, 2.05) is 24.3 Å². The lowest BCUT2D eigenvalue weighted by Crippen LogP contribution is -2.21. The zero-order valence-electron chi connectivity index (χ0n) is 16.7. The Kier molecular flexibility index (Phi) is 7.62. The molecular weight excluding hydrogens is 371 g/mol. The number of allylic oxidation sites excluding steroid dienone is 3. The number of hydrogen-bond acceptors (Lipinski definition) is 3. The molecule has 5 heteroatoms. The molecular formula is C24H31FO4. The largest absolute Gasteiger partial charge is 0.481 e. The summed E-state index contributed by atoms with van der Waals surface area (Å²) in [5.74, 6) is -1.32. The molecule has 0 radical (unpaired) electrons.